The summed E-state index contributed by atoms with van der Waals surface area (Å²) >= 11 is 0. The minimum atomic E-state index is -3.09. The highest BCUT2D eigenvalue weighted by molar-refractivity contribution is 7.92. The van der Waals surface area contributed by atoms with E-state index in [1.807, 2.05) is 22.9 Å². The molecule has 0 saturated heterocycles. The third-order valence-corrected chi connectivity index (χ3v) is 6.03. The topological polar surface area (TPSA) is 64.0 Å². The van der Waals surface area contributed by atoms with E-state index in [0.29, 0.717) is 13.1 Å². The molecule has 1 aromatic heterocycles. The molecule has 0 fully saturated rings. The van der Waals surface area contributed by atoms with Crippen molar-refractivity contribution in [2.75, 3.05) is 12.8 Å². The quantitative estimate of drug-likeness (QED) is 0.886. The number of benzene rings is 1. The van der Waals surface area contributed by atoms with Crippen LogP contribution in [0.2, 0.25) is 0 Å². The fourth-order valence-electron chi connectivity index (χ4n) is 2.18. The summed E-state index contributed by atoms with van der Waals surface area (Å²) in [5, 5.41) is 8.93. The average molecular weight is 309 g/mol. The normalized spacial score (nSPS) is 13.0. The Balaban J connectivity index is 2.15. The second-order valence-electron chi connectivity index (χ2n) is 5.92. The molecule has 0 aliphatic carbocycles. The first-order valence-corrected chi connectivity index (χ1v) is 9.00. The number of hydrogen-bond acceptors (Lipinski definition) is 4. The molecule has 0 amide bonds. The number of rotatable bonds is 6. The Morgan fingerprint density at radius 1 is 1.29 bits per heavy atom. The zero-order valence-electron chi connectivity index (χ0n) is 13.0. The zero-order valence-corrected chi connectivity index (χ0v) is 13.9. The van der Waals surface area contributed by atoms with E-state index in [1.54, 1.807) is 13.8 Å². The minimum Gasteiger partial charge on any atom is -0.310 e. The summed E-state index contributed by atoms with van der Waals surface area (Å²) in [5.41, 5.74) is 2.07. The van der Waals surface area contributed by atoms with Gasteiger partial charge in [-0.25, -0.2) is 8.42 Å². The maximum atomic E-state index is 11.7. The van der Waals surface area contributed by atoms with E-state index < -0.39 is 14.6 Å². The van der Waals surface area contributed by atoms with Gasteiger partial charge in [-0.2, -0.15) is 5.10 Å². The van der Waals surface area contributed by atoms with Gasteiger partial charge in [-0.1, -0.05) is 18.2 Å². The highest BCUT2D eigenvalue weighted by atomic mass is 32.2. The van der Waals surface area contributed by atoms with E-state index in [1.165, 1.54) is 6.26 Å². The van der Waals surface area contributed by atoms with E-state index in [2.05, 4.69) is 23.4 Å². The molecular formula is C15H23N3O2S. The highest BCUT2D eigenvalue weighted by Gasteiger charge is 2.29. The zero-order chi connectivity index (χ0) is 15.7. The Bertz CT molecular complexity index is 732. The van der Waals surface area contributed by atoms with Crippen molar-refractivity contribution >= 4 is 20.7 Å². The molecule has 0 aliphatic heterocycles. The summed E-state index contributed by atoms with van der Waals surface area (Å²) in [6.45, 7) is 7.31. The summed E-state index contributed by atoms with van der Waals surface area (Å²) in [4.78, 5) is 0. The molecule has 0 unspecified atom stereocenters. The van der Waals surface area contributed by atoms with Crippen LogP contribution in [-0.4, -0.2) is 35.7 Å². The van der Waals surface area contributed by atoms with E-state index in [9.17, 15) is 8.42 Å². The third kappa shape index (κ3) is 3.27. The first-order chi connectivity index (χ1) is 9.76. The monoisotopic (exact) mass is 309 g/mol. The number of aryl methyl sites for hydroxylation is 1. The van der Waals surface area contributed by atoms with Gasteiger partial charge in [0.15, 0.2) is 9.84 Å². The number of hydrogen-bond donors (Lipinski definition) is 1. The van der Waals surface area contributed by atoms with Gasteiger partial charge in [0.05, 0.1) is 16.0 Å². The van der Waals surface area contributed by atoms with Crippen LogP contribution in [-0.2, 0) is 22.9 Å². The number of sulfone groups is 1. The molecule has 0 bridgehead atoms. The summed E-state index contributed by atoms with van der Waals surface area (Å²) in [6.07, 6.45) is 1.27. The van der Waals surface area contributed by atoms with Crippen LogP contribution < -0.4 is 5.32 Å². The Morgan fingerprint density at radius 3 is 2.57 bits per heavy atom. The van der Waals surface area contributed by atoms with Gasteiger partial charge in [-0.05, 0) is 26.8 Å². The van der Waals surface area contributed by atoms with Crippen molar-refractivity contribution < 1.29 is 8.42 Å². The van der Waals surface area contributed by atoms with Crippen molar-refractivity contribution in [1.82, 2.24) is 15.1 Å². The van der Waals surface area contributed by atoms with Crippen LogP contribution in [0.1, 0.15) is 26.5 Å². The molecule has 0 radical (unpaired) electrons. The van der Waals surface area contributed by atoms with Gasteiger partial charge in [0, 0.05) is 31.3 Å². The molecule has 21 heavy (non-hydrogen) atoms. The van der Waals surface area contributed by atoms with Crippen LogP contribution >= 0.6 is 0 Å². The molecular weight excluding hydrogens is 286 g/mol. The minimum absolute atomic E-state index is 0.402. The standard InChI is InChI=1S/C15H23N3O2S/c1-5-18-14-9-7-6-8-12(14)13(17-18)10-16-11-15(2,3)21(4,19)20/h6-9,16H,5,10-11H2,1-4H3. The van der Waals surface area contributed by atoms with Crippen LogP contribution in [0.5, 0.6) is 0 Å². The van der Waals surface area contributed by atoms with E-state index in [0.717, 1.165) is 23.1 Å². The average Bonchev–Trinajstić information content (AvgIpc) is 2.76. The number of fused-ring (bicyclic) bond motifs is 1. The summed E-state index contributed by atoms with van der Waals surface area (Å²) in [7, 11) is -3.09. The van der Waals surface area contributed by atoms with Gasteiger partial charge in [0.2, 0.25) is 0 Å². The number of nitrogens with one attached hydrogen (secondary N) is 1. The Kier molecular flexibility index (Phi) is 4.39. The maximum absolute atomic E-state index is 11.7. The Morgan fingerprint density at radius 2 is 1.95 bits per heavy atom. The van der Waals surface area contributed by atoms with Gasteiger partial charge in [-0.15, -0.1) is 0 Å². The molecule has 0 saturated carbocycles. The molecule has 2 aromatic rings. The van der Waals surface area contributed by atoms with Crippen molar-refractivity contribution in [2.24, 2.45) is 0 Å². The molecule has 0 aliphatic rings. The van der Waals surface area contributed by atoms with Gasteiger partial charge in [-0.3, -0.25) is 4.68 Å². The summed E-state index contributed by atoms with van der Waals surface area (Å²) in [5.74, 6) is 0. The molecule has 1 heterocycles. The predicted molar refractivity (Wildman–Crippen MR) is 86.0 cm³/mol. The third-order valence-electron chi connectivity index (χ3n) is 3.88. The first kappa shape index (κ1) is 16.0. The maximum Gasteiger partial charge on any atom is 0.153 e. The first-order valence-electron chi connectivity index (χ1n) is 7.11. The molecule has 6 heteroatoms. The van der Waals surface area contributed by atoms with Crippen LogP contribution in [0.3, 0.4) is 0 Å². The lowest BCUT2D eigenvalue weighted by molar-refractivity contribution is 0.518. The van der Waals surface area contributed by atoms with Gasteiger partial charge in [0.1, 0.15) is 0 Å². The second-order valence-corrected chi connectivity index (χ2v) is 8.56. The lowest BCUT2D eigenvalue weighted by atomic mass is 10.2. The van der Waals surface area contributed by atoms with Gasteiger partial charge in [0.25, 0.3) is 0 Å². The lowest BCUT2D eigenvalue weighted by Gasteiger charge is -2.22. The summed E-state index contributed by atoms with van der Waals surface area (Å²) < 4.78 is 24.6. The van der Waals surface area contributed by atoms with Crippen molar-refractivity contribution in [3.8, 4) is 0 Å². The van der Waals surface area contributed by atoms with Crippen molar-refractivity contribution in [3.05, 3.63) is 30.0 Å². The van der Waals surface area contributed by atoms with Crippen LogP contribution in [0.25, 0.3) is 10.9 Å². The fourth-order valence-corrected chi connectivity index (χ4v) is 2.55. The molecule has 0 atom stereocenters. The van der Waals surface area contributed by atoms with E-state index in [4.69, 9.17) is 0 Å². The van der Waals surface area contributed by atoms with E-state index >= 15 is 0 Å². The van der Waals surface area contributed by atoms with Crippen molar-refractivity contribution in [3.63, 3.8) is 0 Å². The predicted octanol–water partition coefficient (Wildman–Crippen LogP) is 1.97. The second kappa shape index (κ2) is 5.77. The van der Waals surface area contributed by atoms with Gasteiger partial charge < -0.3 is 5.32 Å². The number of aromatic nitrogens is 2. The largest absolute Gasteiger partial charge is 0.310 e. The fraction of sp³-hybridized carbons (Fsp3) is 0.533. The molecule has 2 rings (SSSR count). The molecule has 5 nitrogen and oxygen atoms in total. The molecule has 1 N–H and O–H groups in total. The molecule has 116 valence electrons. The van der Waals surface area contributed by atoms with Crippen LogP contribution in [0.15, 0.2) is 24.3 Å². The van der Waals surface area contributed by atoms with Crippen molar-refractivity contribution in [2.45, 2.75) is 38.6 Å². The summed E-state index contributed by atoms with van der Waals surface area (Å²) in [6, 6.07) is 8.09. The van der Waals surface area contributed by atoms with Crippen LogP contribution in [0, 0.1) is 0 Å². The Labute approximate surface area is 126 Å². The number of nitrogens with zero attached hydrogens (tertiary/aromatic N) is 2. The van der Waals surface area contributed by atoms with E-state index in [-0.39, 0.29) is 0 Å². The van der Waals surface area contributed by atoms with Crippen LogP contribution in [0.4, 0.5) is 0 Å². The smallest absolute Gasteiger partial charge is 0.153 e. The molecule has 0 spiro atoms. The number of para-hydroxylation sites is 1. The SMILES string of the molecule is CCn1nc(CNCC(C)(C)S(C)(=O)=O)c2ccccc21. The highest BCUT2D eigenvalue weighted by Crippen LogP contribution is 2.19. The lowest BCUT2D eigenvalue weighted by Crippen LogP contribution is -2.41. The van der Waals surface area contributed by atoms with Crippen molar-refractivity contribution in [1.29, 1.82) is 0 Å². The Hall–Kier alpha value is -1.40. The van der Waals surface area contributed by atoms with Gasteiger partial charge >= 0.3 is 0 Å². The molecule has 1 aromatic carbocycles.